The van der Waals surface area contributed by atoms with E-state index in [-0.39, 0.29) is 0 Å². The van der Waals surface area contributed by atoms with E-state index in [1.165, 1.54) is 22.3 Å². The van der Waals surface area contributed by atoms with Crippen LogP contribution in [0, 0.1) is 0 Å². The summed E-state index contributed by atoms with van der Waals surface area (Å²) in [5.41, 5.74) is 4.90. The Balaban J connectivity index is 1.76. The monoisotopic (exact) mass is 512 g/mol. The van der Waals surface area contributed by atoms with Gasteiger partial charge in [-0.15, -0.1) is 0 Å². The summed E-state index contributed by atoms with van der Waals surface area (Å²) in [6.45, 7) is 8.52. The van der Waals surface area contributed by atoms with Crippen LogP contribution in [0.15, 0.2) is 97.1 Å². The summed E-state index contributed by atoms with van der Waals surface area (Å²) in [6, 6.07) is 32.0. The zero-order valence-electron chi connectivity index (χ0n) is 22.2. The maximum atomic E-state index is 6.56. The number of benzene rings is 4. The molecule has 4 nitrogen and oxygen atoms in total. The standard InChI is InChI=1S/C32H36O4Si/c1-5-25-9-17-29(18-10-25)33-37(34-30-19-11-26(6-2)12-20-30,35-31-21-13-27(7-3)14-22-31)36-32-23-15-28(8-4)16-24-32/h9-24H,5-8H2,1-4H3. The lowest BCUT2D eigenvalue weighted by molar-refractivity contribution is 0.161. The summed E-state index contributed by atoms with van der Waals surface area (Å²) in [7, 11) is -3.87. The largest absolute Gasteiger partial charge is 0.966 e. The molecule has 0 aliphatic heterocycles. The molecule has 192 valence electrons. The van der Waals surface area contributed by atoms with Gasteiger partial charge in [0.15, 0.2) is 0 Å². The Morgan fingerprint density at radius 3 is 0.703 bits per heavy atom. The third kappa shape index (κ3) is 7.17. The fraction of sp³-hybridized carbons (Fsp3) is 0.250. The Kier molecular flexibility index (Phi) is 8.91. The van der Waals surface area contributed by atoms with E-state index in [0.29, 0.717) is 23.0 Å². The van der Waals surface area contributed by atoms with Gasteiger partial charge < -0.3 is 17.7 Å². The van der Waals surface area contributed by atoms with Gasteiger partial charge in [0.25, 0.3) is 0 Å². The third-order valence-corrected chi connectivity index (χ3v) is 8.24. The van der Waals surface area contributed by atoms with E-state index >= 15 is 0 Å². The van der Waals surface area contributed by atoms with Gasteiger partial charge in [0.05, 0.1) is 0 Å². The topological polar surface area (TPSA) is 36.9 Å². The molecule has 0 radical (unpaired) electrons. The van der Waals surface area contributed by atoms with E-state index in [9.17, 15) is 0 Å². The average molecular weight is 513 g/mol. The van der Waals surface area contributed by atoms with Crippen molar-refractivity contribution in [3.63, 3.8) is 0 Å². The Bertz CT molecular complexity index is 1030. The number of hydrogen-bond acceptors (Lipinski definition) is 4. The fourth-order valence-electron chi connectivity index (χ4n) is 3.88. The molecule has 5 heteroatoms. The lowest BCUT2D eigenvalue weighted by atomic mass is 10.2. The molecule has 0 N–H and O–H groups in total. The van der Waals surface area contributed by atoms with Gasteiger partial charge in [-0.05, 0) is 96.5 Å². The van der Waals surface area contributed by atoms with Gasteiger partial charge in [0, 0.05) is 0 Å². The maximum absolute atomic E-state index is 6.56. The van der Waals surface area contributed by atoms with E-state index in [0.717, 1.165) is 25.7 Å². The summed E-state index contributed by atoms with van der Waals surface area (Å²) in [5, 5.41) is 0. The zero-order chi connectivity index (χ0) is 26.1. The van der Waals surface area contributed by atoms with Crippen LogP contribution in [0.2, 0.25) is 0 Å². The maximum Gasteiger partial charge on any atom is 0.966 e. The van der Waals surface area contributed by atoms with Gasteiger partial charge in [-0.3, -0.25) is 0 Å². The molecule has 0 aromatic heterocycles. The fourth-order valence-corrected chi connectivity index (χ4v) is 5.82. The highest BCUT2D eigenvalue weighted by Gasteiger charge is 2.58. The first-order valence-electron chi connectivity index (χ1n) is 13.2. The van der Waals surface area contributed by atoms with Crippen LogP contribution in [0.4, 0.5) is 0 Å². The van der Waals surface area contributed by atoms with Crippen molar-refractivity contribution in [1.82, 2.24) is 0 Å². The summed E-state index contributed by atoms with van der Waals surface area (Å²) < 4.78 is 26.2. The van der Waals surface area contributed by atoms with Crippen LogP contribution in [-0.2, 0) is 25.7 Å². The van der Waals surface area contributed by atoms with E-state index in [2.05, 4.69) is 76.2 Å². The molecule has 0 atom stereocenters. The lowest BCUT2D eigenvalue weighted by Gasteiger charge is -2.28. The molecule has 0 fully saturated rings. The van der Waals surface area contributed by atoms with E-state index < -0.39 is 9.05 Å². The number of rotatable bonds is 12. The van der Waals surface area contributed by atoms with Gasteiger partial charge in [0.1, 0.15) is 23.0 Å². The van der Waals surface area contributed by atoms with Gasteiger partial charge in [0.2, 0.25) is 0 Å². The third-order valence-electron chi connectivity index (χ3n) is 6.30. The van der Waals surface area contributed by atoms with Crippen molar-refractivity contribution in [2.45, 2.75) is 53.4 Å². The molecule has 4 aromatic rings. The molecule has 0 saturated heterocycles. The predicted octanol–water partition coefficient (Wildman–Crippen LogP) is 7.99. The molecule has 0 heterocycles. The predicted molar refractivity (Wildman–Crippen MR) is 152 cm³/mol. The Morgan fingerprint density at radius 2 is 0.541 bits per heavy atom. The van der Waals surface area contributed by atoms with E-state index in [1.807, 2.05) is 48.5 Å². The summed E-state index contributed by atoms with van der Waals surface area (Å²) in [4.78, 5) is 0. The molecular formula is C32H36O4Si. The van der Waals surface area contributed by atoms with Crippen molar-refractivity contribution in [2.75, 3.05) is 0 Å². The first kappa shape index (κ1) is 26.4. The van der Waals surface area contributed by atoms with Crippen molar-refractivity contribution in [3.8, 4) is 23.0 Å². The minimum absolute atomic E-state index is 0.629. The minimum Gasteiger partial charge on any atom is -0.452 e. The average Bonchev–Trinajstić information content (AvgIpc) is 2.94. The molecule has 0 unspecified atom stereocenters. The minimum atomic E-state index is -3.87. The van der Waals surface area contributed by atoms with Crippen LogP contribution >= 0.6 is 0 Å². The van der Waals surface area contributed by atoms with Crippen molar-refractivity contribution in [1.29, 1.82) is 0 Å². The van der Waals surface area contributed by atoms with Crippen LogP contribution in [0.3, 0.4) is 0 Å². The zero-order valence-corrected chi connectivity index (χ0v) is 23.2. The Hall–Kier alpha value is -3.70. The van der Waals surface area contributed by atoms with Crippen molar-refractivity contribution >= 4 is 9.05 Å². The van der Waals surface area contributed by atoms with Crippen LogP contribution < -0.4 is 17.7 Å². The first-order valence-corrected chi connectivity index (χ1v) is 14.8. The number of aryl methyl sites for hydroxylation is 4. The molecule has 0 aliphatic rings. The molecule has 0 saturated carbocycles. The normalized spacial score (nSPS) is 11.1. The van der Waals surface area contributed by atoms with Crippen LogP contribution in [0.1, 0.15) is 49.9 Å². The van der Waals surface area contributed by atoms with E-state index in [4.69, 9.17) is 17.7 Å². The summed E-state index contributed by atoms with van der Waals surface area (Å²) >= 11 is 0. The van der Waals surface area contributed by atoms with Crippen molar-refractivity contribution in [3.05, 3.63) is 119 Å². The van der Waals surface area contributed by atoms with E-state index in [1.54, 1.807) is 0 Å². The summed E-state index contributed by atoms with van der Waals surface area (Å²) in [6.07, 6.45) is 3.79. The Morgan fingerprint density at radius 1 is 0.351 bits per heavy atom. The highest BCUT2D eigenvalue weighted by Crippen LogP contribution is 2.28. The van der Waals surface area contributed by atoms with Gasteiger partial charge in [-0.2, -0.15) is 0 Å². The second-order valence-electron chi connectivity index (χ2n) is 8.90. The van der Waals surface area contributed by atoms with Gasteiger partial charge >= 0.3 is 9.05 Å². The molecule has 4 aromatic carbocycles. The summed E-state index contributed by atoms with van der Waals surface area (Å²) in [5.74, 6) is 2.52. The van der Waals surface area contributed by atoms with Crippen molar-refractivity contribution in [2.24, 2.45) is 0 Å². The highest BCUT2D eigenvalue weighted by atomic mass is 28.4. The number of hydrogen-bond donors (Lipinski definition) is 0. The van der Waals surface area contributed by atoms with Crippen LogP contribution in [0.5, 0.6) is 23.0 Å². The second-order valence-corrected chi connectivity index (χ2v) is 10.7. The smallest absolute Gasteiger partial charge is 0.452 e. The van der Waals surface area contributed by atoms with Crippen molar-refractivity contribution < 1.29 is 17.7 Å². The molecule has 0 bridgehead atoms. The lowest BCUT2D eigenvalue weighted by Crippen LogP contribution is -2.60. The SMILES string of the molecule is CCc1ccc(O[Si](Oc2ccc(CC)cc2)(Oc2ccc(CC)cc2)Oc2ccc(CC)cc2)cc1. The molecule has 4 rings (SSSR count). The molecule has 0 amide bonds. The quantitative estimate of drug-likeness (QED) is 0.180. The van der Waals surface area contributed by atoms with Crippen LogP contribution in [-0.4, -0.2) is 9.05 Å². The molecule has 0 aliphatic carbocycles. The molecular weight excluding hydrogens is 476 g/mol. The van der Waals surface area contributed by atoms with Gasteiger partial charge in [-0.1, -0.05) is 76.2 Å². The Labute approximate surface area is 222 Å². The first-order chi connectivity index (χ1) is 18.0. The van der Waals surface area contributed by atoms with Gasteiger partial charge in [-0.25, -0.2) is 0 Å². The molecule has 0 spiro atoms. The highest BCUT2D eigenvalue weighted by molar-refractivity contribution is 6.57. The second kappa shape index (κ2) is 12.5. The van der Waals surface area contributed by atoms with Crippen LogP contribution in [0.25, 0.3) is 0 Å². The molecule has 37 heavy (non-hydrogen) atoms.